The maximum atomic E-state index is 13.3. The van der Waals surface area contributed by atoms with Crippen LogP contribution in [0.4, 0.5) is 0 Å². The van der Waals surface area contributed by atoms with Gasteiger partial charge in [0.1, 0.15) is 17.2 Å². The van der Waals surface area contributed by atoms with Crippen molar-refractivity contribution in [1.29, 1.82) is 0 Å². The second-order valence-electron chi connectivity index (χ2n) is 8.89. The van der Waals surface area contributed by atoms with Crippen molar-refractivity contribution in [2.24, 2.45) is 0 Å². The Bertz CT molecular complexity index is 1800. The molecular weight excluding hydrogens is 528 g/mol. The predicted molar refractivity (Wildman–Crippen MR) is 151 cm³/mol. The molecule has 0 atom stereocenters. The lowest BCUT2D eigenvalue weighted by Gasteiger charge is -2.09. The monoisotopic (exact) mass is 554 g/mol. The summed E-state index contributed by atoms with van der Waals surface area (Å²) in [5.41, 5.74) is 1.87. The normalized spacial score (nSPS) is 11.2. The summed E-state index contributed by atoms with van der Waals surface area (Å²) in [5, 5.41) is 5.97. The molecule has 2 N–H and O–H groups in total. The lowest BCUT2D eigenvalue weighted by Crippen LogP contribution is -2.25. The van der Waals surface area contributed by atoms with Gasteiger partial charge in [-0.25, -0.2) is 12.4 Å². The summed E-state index contributed by atoms with van der Waals surface area (Å²) in [6, 6.07) is 25.7. The highest BCUT2D eigenvalue weighted by Gasteiger charge is 2.23. The summed E-state index contributed by atoms with van der Waals surface area (Å²) in [7, 11) is -2.35. The first-order valence-electron chi connectivity index (χ1n) is 12.5. The SMILES string of the molecule is CNC(=O)c1cc(Oc2cccc(CCNC(=O)c3cn(S(=O)(=O)c4ccccc4)c4ccccc34)c2)ccn1. The quantitative estimate of drug-likeness (QED) is 0.279. The molecule has 0 aliphatic heterocycles. The third-order valence-corrected chi connectivity index (χ3v) is 7.94. The Morgan fingerprint density at radius 3 is 2.42 bits per heavy atom. The van der Waals surface area contributed by atoms with Gasteiger partial charge >= 0.3 is 0 Å². The largest absolute Gasteiger partial charge is 0.457 e. The Hall–Kier alpha value is -4.96. The van der Waals surface area contributed by atoms with Crippen LogP contribution in [-0.2, 0) is 16.4 Å². The first-order chi connectivity index (χ1) is 19.4. The van der Waals surface area contributed by atoms with Crippen molar-refractivity contribution in [3.8, 4) is 11.5 Å². The van der Waals surface area contributed by atoms with E-state index in [4.69, 9.17) is 4.74 Å². The molecule has 0 saturated carbocycles. The fraction of sp³-hybridized carbons (Fsp3) is 0.100. The number of amides is 2. The van der Waals surface area contributed by atoms with Gasteiger partial charge in [0.25, 0.3) is 21.8 Å². The Labute approximate surface area is 231 Å². The van der Waals surface area contributed by atoms with E-state index in [9.17, 15) is 18.0 Å². The van der Waals surface area contributed by atoms with Gasteiger partial charge in [0.15, 0.2) is 0 Å². The third-order valence-electron chi connectivity index (χ3n) is 6.25. The number of carbonyl (C=O) groups excluding carboxylic acids is 2. The second kappa shape index (κ2) is 11.4. The molecule has 2 amide bonds. The van der Waals surface area contributed by atoms with Crippen LogP contribution < -0.4 is 15.4 Å². The van der Waals surface area contributed by atoms with Gasteiger partial charge in [-0.2, -0.15) is 0 Å². The maximum absolute atomic E-state index is 13.3. The Balaban J connectivity index is 1.29. The maximum Gasteiger partial charge on any atom is 0.269 e. The Kier molecular flexibility index (Phi) is 7.61. The minimum absolute atomic E-state index is 0.140. The lowest BCUT2D eigenvalue weighted by atomic mass is 10.1. The van der Waals surface area contributed by atoms with Gasteiger partial charge in [-0.15, -0.1) is 0 Å². The molecule has 0 saturated heterocycles. The predicted octanol–water partition coefficient (Wildman–Crippen LogP) is 4.40. The molecule has 0 aliphatic rings. The fourth-order valence-corrected chi connectivity index (χ4v) is 5.67. The van der Waals surface area contributed by atoms with Crippen LogP contribution in [0.25, 0.3) is 10.9 Å². The highest BCUT2D eigenvalue weighted by Crippen LogP contribution is 2.26. The van der Waals surface area contributed by atoms with E-state index < -0.39 is 10.0 Å². The number of aromatic nitrogens is 2. The van der Waals surface area contributed by atoms with E-state index in [1.54, 1.807) is 60.7 Å². The molecule has 0 bridgehead atoms. The molecule has 5 aromatic rings. The van der Waals surface area contributed by atoms with Crippen molar-refractivity contribution in [3.05, 3.63) is 120 Å². The number of benzene rings is 3. The molecule has 0 aliphatic carbocycles. The zero-order valence-electron chi connectivity index (χ0n) is 21.6. The Morgan fingerprint density at radius 2 is 1.62 bits per heavy atom. The molecule has 0 spiro atoms. The van der Waals surface area contributed by atoms with Crippen LogP contribution in [-0.4, -0.2) is 42.8 Å². The molecule has 10 heteroatoms. The van der Waals surface area contributed by atoms with Crippen LogP contribution in [0.3, 0.4) is 0 Å². The number of hydrogen-bond donors (Lipinski definition) is 2. The fourth-order valence-electron chi connectivity index (χ4n) is 4.28. The van der Waals surface area contributed by atoms with Crippen molar-refractivity contribution in [2.45, 2.75) is 11.3 Å². The van der Waals surface area contributed by atoms with Crippen molar-refractivity contribution in [1.82, 2.24) is 19.6 Å². The number of carbonyl (C=O) groups is 2. The highest BCUT2D eigenvalue weighted by atomic mass is 32.2. The van der Waals surface area contributed by atoms with Crippen molar-refractivity contribution >= 4 is 32.7 Å². The van der Waals surface area contributed by atoms with Crippen LogP contribution in [0.2, 0.25) is 0 Å². The summed E-state index contributed by atoms with van der Waals surface area (Å²) < 4.78 is 33.7. The Morgan fingerprint density at radius 1 is 0.875 bits per heavy atom. The summed E-state index contributed by atoms with van der Waals surface area (Å²) in [6.45, 7) is 0.323. The third kappa shape index (κ3) is 5.57. The van der Waals surface area contributed by atoms with Crippen LogP contribution in [0, 0.1) is 0 Å². The van der Waals surface area contributed by atoms with Gasteiger partial charge in [-0.1, -0.05) is 48.5 Å². The number of hydrogen-bond acceptors (Lipinski definition) is 6. The van der Waals surface area contributed by atoms with Crippen molar-refractivity contribution in [3.63, 3.8) is 0 Å². The van der Waals surface area contributed by atoms with Crippen molar-refractivity contribution in [2.75, 3.05) is 13.6 Å². The van der Waals surface area contributed by atoms with Gasteiger partial charge < -0.3 is 15.4 Å². The van der Waals surface area contributed by atoms with E-state index in [1.807, 2.05) is 18.2 Å². The first kappa shape index (κ1) is 26.6. The van der Waals surface area contributed by atoms with E-state index in [0.717, 1.165) is 9.54 Å². The average molecular weight is 555 g/mol. The van der Waals surface area contributed by atoms with E-state index in [-0.39, 0.29) is 28.0 Å². The summed E-state index contributed by atoms with van der Waals surface area (Å²) in [4.78, 5) is 29.2. The molecule has 2 heterocycles. The van der Waals surface area contributed by atoms with E-state index in [2.05, 4.69) is 15.6 Å². The van der Waals surface area contributed by atoms with Crippen LogP contribution >= 0.6 is 0 Å². The number of nitrogens with one attached hydrogen (secondary N) is 2. The van der Waals surface area contributed by atoms with Gasteiger partial charge in [0.2, 0.25) is 0 Å². The number of ether oxygens (including phenoxy) is 1. The van der Waals surface area contributed by atoms with Crippen molar-refractivity contribution < 1.29 is 22.7 Å². The molecule has 0 fully saturated rings. The smallest absolute Gasteiger partial charge is 0.269 e. The summed E-state index contributed by atoms with van der Waals surface area (Å²) in [5.74, 6) is 0.368. The molecule has 0 radical (unpaired) electrons. The van der Waals surface area contributed by atoms with Crippen LogP contribution in [0.15, 0.2) is 108 Å². The number of fused-ring (bicyclic) bond motifs is 1. The number of para-hydroxylation sites is 1. The molecule has 40 heavy (non-hydrogen) atoms. The first-order valence-corrected chi connectivity index (χ1v) is 13.9. The number of nitrogens with zero attached hydrogens (tertiary/aromatic N) is 2. The minimum atomic E-state index is -3.88. The molecular formula is C30H26N4O5S. The lowest BCUT2D eigenvalue weighted by molar-refractivity contribution is 0.0948. The zero-order chi connectivity index (χ0) is 28.1. The summed E-state index contributed by atoms with van der Waals surface area (Å²) >= 11 is 0. The molecule has 202 valence electrons. The standard InChI is InChI=1S/C30H26N4O5S/c1-31-30(36)27-19-23(15-17-32-27)39-22-9-7-8-21(18-22)14-16-33-29(35)26-20-34(28-13-6-5-12-25(26)28)40(37,38)24-10-3-2-4-11-24/h2-13,15,17-20H,14,16H2,1H3,(H,31,36)(H,33,35). The average Bonchev–Trinajstić information content (AvgIpc) is 3.38. The topological polar surface area (TPSA) is 119 Å². The second-order valence-corrected chi connectivity index (χ2v) is 10.7. The van der Waals surface area contributed by atoms with E-state index >= 15 is 0 Å². The molecule has 2 aromatic heterocycles. The van der Waals surface area contributed by atoms with Crippen LogP contribution in [0.5, 0.6) is 11.5 Å². The number of pyridine rings is 1. The van der Waals surface area contributed by atoms with E-state index in [1.165, 1.54) is 31.6 Å². The van der Waals surface area contributed by atoms with Gasteiger partial charge in [0, 0.05) is 37.4 Å². The van der Waals surface area contributed by atoms with Crippen LogP contribution in [0.1, 0.15) is 26.4 Å². The molecule has 9 nitrogen and oxygen atoms in total. The molecule has 3 aromatic carbocycles. The van der Waals surface area contributed by atoms with Gasteiger partial charge in [-0.3, -0.25) is 14.6 Å². The van der Waals surface area contributed by atoms with Gasteiger partial charge in [-0.05, 0) is 48.4 Å². The minimum Gasteiger partial charge on any atom is -0.457 e. The van der Waals surface area contributed by atoms with Gasteiger partial charge in [0.05, 0.1) is 16.0 Å². The zero-order valence-corrected chi connectivity index (χ0v) is 22.4. The molecule has 0 unspecified atom stereocenters. The van der Waals surface area contributed by atoms with E-state index in [0.29, 0.717) is 35.4 Å². The number of rotatable bonds is 9. The molecule has 5 rings (SSSR count). The highest BCUT2D eigenvalue weighted by molar-refractivity contribution is 7.90. The summed E-state index contributed by atoms with van der Waals surface area (Å²) in [6.07, 6.45) is 3.39.